The van der Waals surface area contributed by atoms with Crippen LogP contribution < -0.4 is 19.7 Å². The Labute approximate surface area is 157 Å². The topological polar surface area (TPSA) is 68.6 Å². The van der Waals surface area contributed by atoms with Gasteiger partial charge in [-0.1, -0.05) is 30.3 Å². The van der Waals surface area contributed by atoms with E-state index in [2.05, 4.69) is 10.4 Å². The fourth-order valence-electron chi connectivity index (χ4n) is 2.97. The highest BCUT2D eigenvalue weighted by molar-refractivity contribution is 5.91. The van der Waals surface area contributed by atoms with E-state index in [1.807, 2.05) is 55.5 Å². The predicted octanol–water partition coefficient (Wildman–Crippen LogP) is 2.98. The van der Waals surface area contributed by atoms with Crippen LogP contribution in [0.5, 0.6) is 11.5 Å². The summed E-state index contributed by atoms with van der Waals surface area (Å²) in [6.07, 6.45) is 1.89. The molecule has 1 aliphatic rings. The average Bonchev–Trinajstić information content (AvgIpc) is 3.29. The van der Waals surface area contributed by atoms with Gasteiger partial charge in [0.1, 0.15) is 6.54 Å². The Kier molecular flexibility index (Phi) is 4.42. The lowest BCUT2D eigenvalue weighted by Gasteiger charge is -2.11. The number of benzene rings is 2. The van der Waals surface area contributed by atoms with E-state index in [1.54, 1.807) is 22.9 Å². The summed E-state index contributed by atoms with van der Waals surface area (Å²) in [7, 11) is 3.87. The first kappa shape index (κ1) is 17.0. The summed E-state index contributed by atoms with van der Waals surface area (Å²) in [5.74, 6) is 1.97. The van der Waals surface area contributed by atoms with Crippen LogP contribution >= 0.6 is 0 Å². The van der Waals surface area contributed by atoms with Crippen molar-refractivity contribution < 1.29 is 14.3 Å². The van der Waals surface area contributed by atoms with E-state index in [1.165, 1.54) is 0 Å². The molecule has 0 saturated heterocycles. The molecular weight excluding hydrogens is 344 g/mol. The minimum Gasteiger partial charge on any atom is -0.454 e. The van der Waals surface area contributed by atoms with Gasteiger partial charge in [-0.3, -0.25) is 9.48 Å². The summed E-state index contributed by atoms with van der Waals surface area (Å²) in [5, 5.41) is 7.43. The Bertz CT molecular complexity index is 967. The molecule has 0 aliphatic carbocycles. The number of hydrogen-bond donors (Lipinski definition) is 1. The minimum atomic E-state index is -0.165. The maximum Gasteiger partial charge on any atom is 0.246 e. The first-order chi connectivity index (χ1) is 13.1. The number of carbonyl (C=O) groups excluding carboxylic acids is 1. The van der Waals surface area contributed by atoms with E-state index < -0.39 is 0 Å². The van der Waals surface area contributed by atoms with E-state index >= 15 is 0 Å². The molecule has 4 rings (SSSR count). The molecule has 1 amide bonds. The molecule has 7 nitrogen and oxygen atoms in total. The Morgan fingerprint density at radius 2 is 1.93 bits per heavy atom. The third-order valence-electron chi connectivity index (χ3n) is 4.21. The summed E-state index contributed by atoms with van der Waals surface area (Å²) in [6, 6.07) is 15.3. The number of aromatic nitrogens is 2. The van der Waals surface area contributed by atoms with Crippen LogP contribution in [0.4, 0.5) is 11.5 Å². The number of ether oxygens (including phenoxy) is 2. The molecule has 0 radical (unpaired) electrons. The van der Waals surface area contributed by atoms with Crippen molar-refractivity contribution in [1.29, 1.82) is 0 Å². The van der Waals surface area contributed by atoms with Gasteiger partial charge in [0.15, 0.2) is 17.3 Å². The smallest absolute Gasteiger partial charge is 0.246 e. The molecular formula is C20H20N4O3. The summed E-state index contributed by atoms with van der Waals surface area (Å²) < 4.78 is 12.3. The van der Waals surface area contributed by atoms with Crippen LogP contribution in [0.2, 0.25) is 0 Å². The van der Waals surface area contributed by atoms with Gasteiger partial charge in [-0.25, -0.2) is 0 Å². The van der Waals surface area contributed by atoms with Gasteiger partial charge in [0.05, 0.1) is 0 Å². The molecule has 0 fully saturated rings. The van der Waals surface area contributed by atoms with Crippen molar-refractivity contribution in [2.24, 2.45) is 0 Å². The second kappa shape index (κ2) is 7.03. The SMILES string of the molecule is CN(C)c1nn(CC(=O)Nc2ccc3c(c2)OCO3)cc1-c1ccccc1. The summed E-state index contributed by atoms with van der Waals surface area (Å²) in [6.45, 7) is 0.317. The molecule has 1 N–H and O–H groups in total. The van der Waals surface area contributed by atoms with Crippen molar-refractivity contribution in [3.8, 4) is 22.6 Å². The van der Waals surface area contributed by atoms with Crippen molar-refractivity contribution in [3.05, 3.63) is 54.7 Å². The Morgan fingerprint density at radius 1 is 1.15 bits per heavy atom. The highest BCUT2D eigenvalue weighted by Gasteiger charge is 2.16. The molecule has 1 aromatic heterocycles. The fraction of sp³-hybridized carbons (Fsp3) is 0.200. The summed E-state index contributed by atoms with van der Waals surface area (Å²) in [4.78, 5) is 14.4. The van der Waals surface area contributed by atoms with E-state index in [-0.39, 0.29) is 19.2 Å². The molecule has 0 unspecified atom stereocenters. The molecule has 3 aromatic rings. The molecule has 2 aromatic carbocycles. The summed E-state index contributed by atoms with van der Waals surface area (Å²) >= 11 is 0. The van der Waals surface area contributed by atoms with Crippen LogP contribution in [0.3, 0.4) is 0 Å². The Morgan fingerprint density at radius 3 is 2.70 bits per heavy atom. The maximum absolute atomic E-state index is 12.5. The third kappa shape index (κ3) is 3.57. The standard InChI is InChI=1S/C20H20N4O3/c1-23(2)20-16(14-6-4-3-5-7-14)11-24(22-20)12-19(25)21-15-8-9-17-18(10-15)27-13-26-17/h3-11H,12-13H2,1-2H3,(H,21,25). The molecule has 0 spiro atoms. The van der Waals surface area contributed by atoms with Crippen molar-refractivity contribution in [1.82, 2.24) is 9.78 Å². The number of nitrogens with zero attached hydrogens (tertiary/aromatic N) is 3. The molecule has 0 bridgehead atoms. The van der Waals surface area contributed by atoms with Crippen LogP contribution in [0, 0.1) is 0 Å². The molecule has 2 heterocycles. The number of rotatable bonds is 5. The zero-order valence-electron chi connectivity index (χ0n) is 15.2. The van der Waals surface area contributed by atoms with Gasteiger partial charge < -0.3 is 19.7 Å². The number of anilines is 2. The second-order valence-electron chi connectivity index (χ2n) is 6.44. The van der Waals surface area contributed by atoms with Gasteiger partial charge in [-0.15, -0.1) is 0 Å². The molecule has 27 heavy (non-hydrogen) atoms. The second-order valence-corrected chi connectivity index (χ2v) is 6.44. The third-order valence-corrected chi connectivity index (χ3v) is 4.21. The van der Waals surface area contributed by atoms with Gasteiger partial charge in [0.25, 0.3) is 0 Å². The highest BCUT2D eigenvalue weighted by atomic mass is 16.7. The minimum absolute atomic E-state index is 0.113. The highest BCUT2D eigenvalue weighted by Crippen LogP contribution is 2.34. The number of amides is 1. The number of fused-ring (bicyclic) bond motifs is 1. The van der Waals surface area contributed by atoms with E-state index in [4.69, 9.17) is 9.47 Å². The van der Waals surface area contributed by atoms with E-state index in [0.29, 0.717) is 17.2 Å². The normalized spacial score (nSPS) is 12.1. The monoisotopic (exact) mass is 364 g/mol. The van der Waals surface area contributed by atoms with Gasteiger partial charge in [0.2, 0.25) is 12.7 Å². The maximum atomic E-state index is 12.5. The Balaban J connectivity index is 1.51. The van der Waals surface area contributed by atoms with Crippen LogP contribution in [-0.4, -0.2) is 36.6 Å². The number of hydrogen-bond acceptors (Lipinski definition) is 5. The zero-order chi connectivity index (χ0) is 18.8. The molecule has 7 heteroatoms. The summed E-state index contributed by atoms with van der Waals surface area (Å²) in [5.41, 5.74) is 2.70. The molecule has 0 atom stereocenters. The zero-order valence-corrected chi connectivity index (χ0v) is 15.2. The molecule has 138 valence electrons. The van der Waals surface area contributed by atoms with Crippen LogP contribution in [0.1, 0.15) is 0 Å². The van der Waals surface area contributed by atoms with Crippen LogP contribution in [0.15, 0.2) is 54.7 Å². The number of carbonyl (C=O) groups is 1. The lowest BCUT2D eigenvalue weighted by molar-refractivity contribution is -0.116. The first-order valence-electron chi connectivity index (χ1n) is 8.60. The van der Waals surface area contributed by atoms with Gasteiger partial charge >= 0.3 is 0 Å². The van der Waals surface area contributed by atoms with Gasteiger partial charge in [-0.05, 0) is 17.7 Å². The molecule has 1 aliphatic heterocycles. The van der Waals surface area contributed by atoms with Crippen molar-refractivity contribution in [2.45, 2.75) is 6.54 Å². The number of nitrogens with one attached hydrogen (secondary N) is 1. The quantitative estimate of drug-likeness (QED) is 0.754. The van der Waals surface area contributed by atoms with Crippen molar-refractivity contribution in [2.75, 3.05) is 31.1 Å². The first-order valence-corrected chi connectivity index (χ1v) is 8.60. The van der Waals surface area contributed by atoms with Crippen molar-refractivity contribution in [3.63, 3.8) is 0 Å². The average molecular weight is 364 g/mol. The van der Waals surface area contributed by atoms with E-state index in [9.17, 15) is 4.79 Å². The van der Waals surface area contributed by atoms with Crippen LogP contribution in [0.25, 0.3) is 11.1 Å². The molecule has 0 saturated carbocycles. The van der Waals surface area contributed by atoms with E-state index in [0.717, 1.165) is 16.9 Å². The van der Waals surface area contributed by atoms with Gasteiger partial charge in [0, 0.05) is 37.6 Å². The predicted molar refractivity (Wildman–Crippen MR) is 103 cm³/mol. The largest absolute Gasteiger partial charge is 0.454 e. The van der Waals surface area contributed by atoms with Gasteiger partial charge in [-0.2, -0.15) is 5.10 Å². The Hall–Kier alpha value is -3.48. The lowest BCUT2D eigenvalue weighted by atomic mass is 10.1. The van der Waals surface area contributed by atoms with Crippen molar-refractivity contribution >= 4 is 17.4 Å². The lowest BCUT2D eigenvalue weighted by Crippen LogP contribution is -2.19. The van der Waals surface area contributed by atoms with Crippen LogP contribution in [-0.2, 0) is 11.3 Å². The fourth-order valence-corrected chi connectivity index (χ4v) is 2.97.